The molecule has 5 nitrogen and oxygen atoms in total. The van der Waals surface area contributed by atoms with Crippen LogP contribution in [0, 0.1) is 13.8 Å². The van der Waals surface area contributed by atoms with Gasteiger partial charge in [-0.1, -0.05) is 23.8 Å². The Morgan fingerprint density at radius 1 is 1.19 bits per heavy atom. The first-order valence-corrected chi connectivity index (χ1v) is 6.60. The van der Waals surface area contributed by atoms with Crippen LogP contribution in [-0.2, 0) is 17.8 Å². The van der Waals surface area contributed by atoms with E-state index >= 15 is 0 Å². The number of benzene rings is 1. The average Bonchev–Trinajstić information content (AvgIpc) is 2.90. The molecular formula is C16H17NO4. The van der Waals surface area contributed by atoms with E-state index in [0.29, 0.717) is 12.2 Å². The van der Waals surface area contributed by atoms with E-state index in [1.54, 1.807) is 6.07 Å². The van der Waals surface area contributed by atoms with Crippen molar-refractivity contribution in [2.24, 2.45) is 0 Å². The van der Waals surface area contributed by atoms with Crippen molar-refractivity contribution in [1.29, 1.82) is 0 Å². The Kier molecular flexibility index (Phi) is 4.42. The largest absolute Gasteiger partial charge is 0.475 e. The number of hydrogen-bond acceptors (Lipinski definition) is 3. The highest BCUT2D eigenvalue weighted by molar-refractivity contribution is 5.84. The summed E-state index contributed by atoms with van der Waals surface area (Å²) in [6.07, 6.45) is 0.292. The highest BCUT2D eigenvalue weighted by Crippen LogP contribution is 2.12. The third kappa shape index (κ3) is 3.95. The number of carbonyl (C=O) groups excluding carboxylic acids is 1. The van der Waals surface area contributed by atoms with Crippen LogP contribution in [0.15, 0.2) is 34.7 Å². The van der Waals surface area contributed by atoms with E-state index in [1.807, 2.05) is 32.0 Å². The van der Waals surface area contributed by atoms with Gasteiger partial charge in [0.05, 0.1) is 13.0 Å². The molecule has 0 aliphatic carbocycles. The van der Waals surface area contributed by atoms with Crippen molar-refractivity contribution in [3.05, 3.63) is 58.5 Å². The van der Waals surface area contributed by atoms with Crippen LogP contribution >= 0.6 is 0 Å². The van der Waals surface area contributed by atoms with Crippen molar-refractivity contribution in [1.82, 2.24) is 5.32 Å². The van der Waals surface area contributed by atoms with Crippen LogP contribution in [0.25, 0.3) is 0 Å². The molecule has 1 heterocycles. The number of carboxylic acid groups (broad SMARTS) is 1. The molecule has 0 unspecified atom stereocenters. The molecule has 0 aliphatic heterocycles. The second kappa shape index (κ2) is 6.26. The molecule has 1 aromatic heterocycles. The number of nitrogens with one attached hydrogen (secondary N) is 1. The fourth-order valence-electron chi connectivity index (χ4n) is 2.00. The van der Waals surface area contributed by atoms with Gasteiger partial charge in [-0.25, -0.2) is 4.79 Å². The van der Waals surface area contributed by atoms with Gasteiger partial charge in [-0.2, -0.15) is 0 Å². The van der Waals surface area contributed by atoms with E-state index in [0.717, 1.165) is 16.7 Å². The molecular weight excluding hydrogens is 270 g/mol. The summed E-state index contributed by atoms with van der Waals surface area (Å²) in [5.74, 6) is -0.963. The summed E-state index contributed by atoms with van der Waals surface area (Å²) in [6, 6.07) is 8.90. The summed E-state index contributed by atoms with van der Waals surface area (Å²) in [4.78, 5) is 22.6. The molecule has 0 saturated heterocycles. The lowest BCUT2D eigenvalue weighted by atomic mass is 10.0. The molecule has 0 bridgehead atoms. The molecule has 2 aromatic rings. The second-order valence-electron chi connectivity index (χ2n) is 4.95. The summed E-state index contributed by atoms with van der Waals surface area (Å²) in [6.45, 7) is 4.13. The normalized spacial score (nSPS) is 10.4. The lowest BCUT2D eigenvalue weighted by Gasteiger charge is -2.07. The number of hydrogen-bond donors (Lipinski definition) is 2. The summed E-state index contributed by atoms with van der Waals surface area (Å²) < 4.78 is 5.07. The topological polar surface area (TPSA) is 79.5 Å². The fraction of sp³-hybridized carbons (Fsp3) is 0.250. The third-order valence-electron chi connectivity index (χ3n) is 3.19. The van der Waals surface area contributed by atoms with Gasteiger partial charge >= 0.3 is 5.97 Å². The SMILES string of the molecule is Cc1ccc(C)c(CC(=O)NCc2ccc(C(=O)O)o2)c1. The Balaban J connectivity index is 1.92. The van der Waals surface area contributed by atoms with Gasteiger partial charge in [0.1, 0.15) is 5.76 Å². The summed E-state index contributed by atoms with van der Waals surface area (Å²) in [5.41, 5.74) is 3.17. The van der Waals surface area contributed by atoms with Crippen LogP contribution in [0.4, 0.5) is 0 Å². The van der Waals surface area contributed by atoms with Crippen LogP contribution < -0.4 is 5.32 Å². The van der Waals surface area contributed by atoms with Gasteiger partial charge in [0, 0.05) is 0 Å². The highest BCUT2D eigenvalue weighted by Gasteiger charge is 2.10. The van der Waals surface area contributed by atoms with Crippen molar-refractivity contribution >= 4 is 11.9 Å². The minimum atomic E-state index is -1.12. The molecule has 21 heavy (non-hydrogen) atoms. The third-order valence-corrected chi connectivity index (χ3v) is 3.19. The number of aromatic carboxylic acids is 1. The van der Waals surface area contributed by atoms with E-state index < -0.39 is 5.97 Å². The highest BCUT2D eigenvalue weighted by atomic mass is 16.4. The van der Waals surface area contributed by atoms with Gasteiger partial charge in [0.15, 0.2) is 0 Å². The summed E-state index contributed by atoms with van der Waals surface area (Å²) in [5, 5.41) is 11.5. The Bertz CT molecular complexity index is 673. The monoisotopic (exact) mass is 287 g/mol. The molecule has 5 heteroatoms. The van der Waals surface area contributed by atoms with Gasteiger partial charge in [-0.3, -0.25) is 4.79 Å². The molecule has 1 aromatic carbocycles. The quantitative estimate of drug-likeness (QED) is 0.885. The molecule has 0 fully saturated rings. The number of furan rings is 1. The number of amides is 1. The van der Waals surface area contributed by atoms with Gasteiger partial charge in [0.25, 0.3) is 0 Å². The number of aryl methyl sites for hydroxylation is 2. The standard InChI is InChI=1S/C16H17NO4/c1-10-3-4-11(2)12(7-10)8-15(18)17-9-13-5-6-14(21-13)16(19)20/h3-7H,8-9H2,1-2H3,(H,17,18)(H,19,20). The fourth-order valence-corrected chi connectivity index (χ4v) is 2.00. The van der Waals surface area contributed by atoms with Crippen molar-refractivity contribution in [3.63, 3.8) is 0 Å². The van der Waals surface area contributed by atoms with Crippen molar-refractivity contribution in [3.8, 4) is 0 Å². The second-order valence-corrected chi connectivity index (χ2v) is 4.95. The van der Waals surface area contributed by atoms with E-state index in [1.165, 1.54) is 6.07 Å². The van der Waals surface area contributed by atoms with Crippen molar-refractivity contribution in [2.45, 2.75) is 26.8 Å². The van der Waals surface area contributed by atoms with Crippen molar-refractivity contribution < 1.29 is 19.1 Å². The number of carbonyl (C=O) groups is 2. The van der Waals surface area contributed by atoms with E-state index in [-0.39, 0.29) is 18.2 Å². The van der Waals surface area contributed by atoms with Crippen LogP contribution in [0.1, 0.15) is 33.0 Å². The smallest absolute Gasteiger partial charge is 0.371 e. The predicted octanol–water partition coefficient (Wildman–Crippen LogP) is 2.45. The minimum absolute atomic E-state index is 0.128. The molecule has 0 saturated carbocycles. The molecule has 110 valence electrons. The van der Waals surface area contributed by atoms with Crippen molar-refractivity contribution in [2.75, 3.05) is 0 Å². The zero-order valence-electron chi connectivity index (χ0n) is 12.0. The summed E-state index contributed by atoms with van der Waals surface area (Å²) in [7, 11) is 0. The molecule has 0 atom stereocenters. The zero-order chi connectivity index (χ0) is 15.4. The van der Waals surface area contributed by atoms with Crippen LogP contribution in [0.2, 0.25) is 0 Å². The maximum Gasteiger partial charge on any atom is 0.371 e. The van der Waals surface area contributed by atoms with Crippen LogP contribution in [0.5, 0.6) is 0 Å². The molecule has 2 N–H and O–H groups in total. The van der Waals surface area contributed by atoms with Gasteiger partial charge in [-0.15, -0.1) is 0 Å². The lowest BCUT2D eigenvalue weighted by Crippen LogP contribution is -2.24. The van der Waals surface area contributed by atoms with Gasteiger partial charge < -0.3 is 14.8 Å². The minimum Gasteiger partial charge on any atom is -0.475 e. The Hall–Kier alpha value is -2.56. The molecule has 0 radical (unpaired) electrons. The first-order valence-electron chi connectivity index (χ1n) is 6.60. The lowest BCUT2D eigenvalue weighted by molar-refractivity contribution is -0.120. The van der Waals surface area contributed by atoms with Gasteiger partial charge in [-0.05, 0) is 37.1 Å². The number of carboxylic acids is 1. The first-order chi connectivity index (χ1) is 9.95. The molecule has 0 spiro atoms. The molecule has 2 rings (SSSR count). The average molecular weight is 287 g/mol. The molecule has 0 aliphatic rings. The van der Waals surface area contributed by atoms with Gasteiger partial charge in [0.2, 0.25) is 11.7 Å². The Morgan fingerprint density at radius 3 is 2.62 bits per heavy atom. The first kappa shape index (κ1) is 14.8. The van der Waals surface area contributed by atoms with E-state index in [9.17, 15) is 9.59 Å². The Morgan fingerprint density at radius 2 is 1.95 bits per heavy atom. The van der Waals surface area contributed by atoms with E-state index in [4.69, 9.17) is 9.52 Å². The summed E-state index contributed by atoms with van der Waals surface area (Å²) >= 11 is 0. The predicted molar refractivity (Wildman–Crippen MR) is 77.1 cm³/mol. The Labute approximate surface area is 122 Å². The zero-order valence-corrected chi connectivity index (χ0v) is 12.0. The van der Waals surface area contributed by atoms with Crippen LogP contribution in [-0.4, -0.2) is 17.0 Å². The number of rotatable bonds is 5. The van der Waals surface area contributed by atoms with E-state index in [2.05, 4.69) is 5.32 Å². The maximum atomic E-state index is 11.9. The van der Waals surface area contributed by atoms with Crippen LogP contribution in [0.3, 0.4) is 0 Å². The molecule has 1 amide bonds. The maximum absolute atomic E-state index is 11.9.